The second-order valence-corrected chi connectivity index (χ2v) is 6.45. The van der Waals surface area contributed by atoms with Crippen LogP contribution in [0.1, 0.15) is 34.8 Å². The topological polar surface area (TPSA) is 93.1 Å². The number of Topliss-reactive ketones (excluding diaryl/α,β-unsaturated/α-hetero) is 1. The molecule has 1 amide bonds. The van der Waals surface area contributed by atoms with Crippen molar-refractivity contribution >= 4 is 11.7 Å². The molecule has 1 N–H and O–H groups in total. The number of hydrogen-bond donors (Lipinski definition) is 1. The number of furan rings is 2. The standard InChI is InChI=1S/C22H19NO6/c1-2-27-16-9-4-3-8-15(16)19-18(20(24)17-10-6-12-29-17)21(25)22(26)23(19)13-14-7-5-11-28-14/h3-12,19,25H,2,13H2,1H3. The van der Waals surface area contributed by atoms with E-state index in [0.717, 1.165) is 0 Å². The SMILES string of the molecule is CCOc1ccccc1C1C(C(=O)c2ccco2)=C(O)C(=O)N1Cc1ccco1. The van der Waals surface area contributed by atoms with Gasteiger partial charge in [0.15, 0.2) is 11.5 Å². The van der Waals surface area contributed by atoms with Crippen LogP contribution in [0.3, 0.4) is 0 Å². The van der Waals surface area contributed by atoms with Crippen molar-refractivity contribution in [2.45, 2.75) is 19.5 Å². The van der Waals surface area contributed by atoms with E-state index < -0.39 is 23.5 Å². The molecule has 1 aliphatic rings. The summed E-state index contributed by atoms with van der Waals surface area (Å²) in [6.45, 7) is 2.34. The van der Waals surface area contributed by atoms with Crippen molar-refractivity contribution in [1.82, 2.24) is 4.90 Å². The molecule has 0 saturated carbocycles. The van der Waals surface area contributed by atoms with Crippen LogP contribution in [0.5, 0.6) is 5.75 Å². The number of amides is 1. The van der Waals surface area contributed by atoms with Gasteiger partial charge in [-0.15, -0.1) is 0 Å². The summed E-state index contributed by atoms with van der Waals surface area (Å²) in [6, 6.07) is 12.8. The Labute approximate surface area is 166 Å². The summed E-state index contributed by atoms with van der Waals surface area (Å²) in [5.74, 6) is -0.729. The number of rotatable bonds is 7. The van der Waals surface area contributed by atoms with Crippen molar-refractivity contribution in [3.8, 4) is 5.75 Å². The van der Waals surface area contributed by atoms with Crippen LogP contribution in [0.15, 0.2) is 81.2 Å². The molecule has 0 bridgehead atoms. The van der Waals surface area contributed by atoms with Crippen LogP contribution in [0.2, 0.25) is 0 Å². The van der Waals surface area contributed by atoms with Crippen molar-refractivity contribution in [3.63, 3.8) is 0 Å². The van der Waals surface area contributed by atoms with Gasteiger partial charge in [-0.25, -0.2) is 0 Å². The second-order valence-electron chi connectivity index (χ2n) is 6.45. The van der Waals surface area contributed by atoms with Gasteiger partial charge in [-0.3, -0.25) is 9.59 Å². The summed E-state index contributed by atoms with van der Waals surface area (Å²) < 4.78 is 16.3. The molecule has 1 unspecified atom stereocenters. The second kappa shape index (κ2) is 7.71. The predicted molar refractivity (Wildman–Crippen MR) is 102 cm³/mol. The summed E-state index contributed by atoms with van der Waals surface area (Å²) in [5.41, 5.74) is 0.539. The summed E-state index contributed by atoms with van der Waals surface area (Å²) in [4.78, 5) is 27.4. The quantitative estimate of drug-likeness (QED) is 0.609. The molecule has 29 heavy (non-hydrogen) atoms. The molecule has 0 fully saturated rings. The van der Waals surface area contributed by atoms with Gasteiger partial charge in [0.05, 0.1) is 37.3 Å². The molecule has 0 radical (unpaired) electrons. The molecular weight excluding hydrogens is 374 g/mol. The number of benzene rings is 1. The first kappa shape index (κ1) is 18.6. The average Bonchev–Trinajstić information content (AvgIpc) is 3.47. The van der Waals surface area contributed by atoms with Gasteiger partial charge in [0.25, 0.3) is 5.91 Å². The van der Waals surface area contributed by atoms with Crippen molar-refractivity contribution in [2.24, 2.45) is 0 Å². The molecule has 3 aromatic rings. The molecule has 148 valence electrons. The maximum Gasteiger partial charge on any atom is 0.290 e. The van der Waals surface area contributed by atoms with Gasteiger partial charge in [-0.05, 0) is 37.3 Å². The van der Waals surface area contributed by atoms with Crippen LogP contribution in [0.4, 0.5) is 0 Å². The lowest BCUT2D eigenvalue weighted by Crippen LogP contribution is -2.30. The third-order valence-electron chi connectivity index (χ3n) is 4.71. The Morgan fingerprint density at radius 1 is 1.10 bits per heavy atom. The maximum atomic E-state index is 13.1. The van der Waals surface area contributed by atoms with E-state index in [0.29, 0.717) is 23.7 Å². The molecular formula is C22H19NO6. The molecule has 0 spiro atoms. The normalized spacial score (nSPS) is 16.5. The van der Waals surface area contributed by atoms with Crippen molar-refractivity contribution in [2.75, 3.05) is 6.61 Å². The van der Waals surface area contributed by atoms with E-state index in [1.54, 1.807) is 42.5 Å². The fraction of sp³-hybridized carbons (Fsp3) is 0.182. The number of carbonyl (C=O) groups excluding carboxylic acids is 2. The molecule has 1 aliphatic heterocycles. The first-order chi connectivity index (χ1) is 14.1. The Kier molecular flexibility index (Phi) is 4.95. The number of ether oxygens (including phenoxy) is 1. The van der Waals surface area contributed by atoms with Gasteiger partial charge in [0.1, 0.15) is 11.5 Å². The highest BCUT2D eigenvalue weighted by molar-refractivity contribution is 6.15. The first-order valence-corrected chi connectivity index (χ1v) is 9.18. The van der Waals surface area contributed by atoms with Crippen LogP contribution < -0.4 is 4.74 Å². The maximum absolute atomic E-state index is 13.1. The minimum absolute atomic E-state index is 0.0399. The summed E-state index contributed by atoms with van der Waals surface area (Å²) in [7, 11) is 0. The molecule has 4 rings (SSSR count). The van der Waals surface area contributed by atoms with Gasteiger partial charge >= 0.3 is 0 Å². The zero-order chi connectivity index (χ0) is 20.4. The first-order valence-electron chi connectivity index (χ1n) is 9.18. The summed E-state index contributed by atoms with van der Waals surface area (Å²) in [6.07, 6.45) is 2.87. The number of carbonyl (C=O) groups is 2. The highest BCUT2D eigenvalue weighted by Gasteiger charge is 2.45. The Morgan fingerprint density at radius 2 is 1.86 bits per heavy atom. The largest absolute Gasteiger partial charge is 0.503 e. The van der Waals surface area contributed by atoms with Crippen molar-refractivity contribution < 1.29 is 28.3 Å². The third-order valence-corrected chi connectivity index (χ3v) is 4.71. The Balaban J connectivity index is 1.84. The number of aliphatic hydroxyl groups excluding tert-OH is 1. The molecule has 1 atom stereocenters. The van der Waals surface area contributed by atoms with Crippen molar-refractivity contribution in [3.05, 3.63) is 89.5 Å². The molecule has 7 nitrogen and oxygen atoms in total. The van der Waals surface area contributed by atoms with Crippen LogP contribution in [0, 0.1) is 0 Å². The molecule has 3 heterocycles. The number of ketones is 1. The minimum Gasteiger partial charge on any atom is -0.503 e. The van der Waals surface area contributed by atoms with E-state index in [1.807, 2.05) is 6.92 Å². The van der Waals surface area contributed by atoms with Crippen LogP contribution >= 0.6 is 0 Å². The lowest BCUT2D eigenvalue weighted by Gasteiger charge is -2.27. The fourth-order valence-corrected chi connectivity index (χ4v) is 3.48. The lowest BCUT2D eigenvalue weighted by atomic mass is 9.94. The van der Waals surface area contributed by atoms with Crippen LogP contribution in [-0.2, 0) is 11.3 Å². The van der Waals surface area contributed by atoms with Crippen LogP contribution in [0.25, 0.3) is 0 Å². The molecule has 7 heteroatoms. The number of aliphatic hydroxyl groups is 1. The Morgan fingerprint density at radius 3 is 2.55 bits per heavy atom. The van der Waals surface area contributed by atoms with E-state index in [-0.39, 0.29) is 17.9 Å². The molecule has 2 aromatic heterocycles. The van der Waals surface area contributed by atoms with E-state index in [1.165, 1.54) is 23.5 Å². The smallest absolute Gasteiger partial charge is 0.290 e. The monoisotopic (exact) mass is 393 g/mol. The average molecular weight is 393 g/mol. The molecule has 1 aromatic carbocycles. The van der Waals surface area contributed by atoms with E-state index in [2.05, 4.69) is 0 Å². The minimum atomic E-state index is -0.854. The fourth-order valence-electron chi connectivity index (χ4n) is 3.48. The number of para-hydroxylation sites is 1. The van der Waals surface area contributed by atoms with Gasteiger partial charge in [-0.2, -0.15) is 0 Å². The molecule has 0 saturated heterocycles. The van der Waals surface area contributed by atoms with E-state index in [9.17, 15) is 14.7 Å². The zero-order valence-corrected chi connectivity index (χ0v) is 15.7. The highest BCUT2D eigenvalue weighted by atomic mass is 16.5. The van der Waals surface area contributed by atoms with E-state index in [4.69, 9.17) is 13.6 Å². The third kappa shape index (κ3) is 3.31. The highest BCUT2D eigenvalue weighted by Crippen LogP contribution is 2.43. The Hall–Kier alpha value is -3.74. The summed E-state index contributed by atoms with van der Waals surface area (Å²) >= 11 is 0. The van der Waals surface area contributed by atoms with Gasteiger partial charge in [0, 0.05) is 5.56 Å². The van der Waals surface area contributed by atoms with Gasteiger partial charge < -0.3 is 23.6 Å². The van der Waals surface area contributed by atoms with Gasteiger partial charge in [-0.1, -0.05) is 18.2 Å². The lowest BCUT2D eigenvalue weighted by molar-refractivity contribution is -0.130. The zero-order valence-electron chi connectivity index (χ0n) is 15.7. The Bertz CT molecular complexity index is 1050. The van der Waals surface area contributed by atoms with E-state index >= 15 is 0 Å². The molecule has 0 aliphatic carbocycles. The number of nitrogens with zero attached hydrogens (tertiary/aromatic N) is 1. The van der Waals surface area contributed by atoms with Crippen LogP contribution in [-0.4, -0.2) is 28.3 Å². The van der Waals surface area contributed by atoms with Gasteiger partial charge in [0.2, 0.25) is 5.78 Å². The summed E-state index contributed by atoms with van der Waals surface area (Å²) in [5, 5.41) is 10.6. The number of hydrogen-bond acceptors (Lipinski definition) is 6. The predicted octanol–water partition coefficient (Wildman–Crippen LogP) is 4.05. The van der Waals surface area contributed by atoms with Crippen molar-refractivity contribution in [1.29, 1.82) is 0 Å².